The minimum absolute atomic E-state index is 0.0113. The molecule has 20 heavy (non-hydrogen) atoms. The van der Waals surface area contributed by atoms with E-state index in [4.69, 9.17) is 0 Å². The van der Waals surface area contributed by atoms with Crippen LogP contribution in [0.5, 0.6) is 0 Å². The summed E-state index contributed by atoms with van der Waals surface area (Å²) in [6.07, 6.45) is 1.67. The van der Waals surface area contributed by atoms with Crippen LogP contribution in [-0.2, 0) is 14.8 Å². The number of hydrogen-bond donors (Lipinski definition) is 2. The number of anilines is 1. The van der Waals surface area contributed by atoms with Crippen LogP contribution < -0.4 is 10.0 Å². The number of amides is 1. The van der Waals surface area contributed by atoms with Gasteiger partial charge in [0.2, 0.25) is 15.9 Å². The van der Waals surface area contributed by atoms with E-state index in [-0.39, 0.29) is 16.7 Å². The first kappa shape index (κ1) is 15.0. The molecule has 0 unspecified atom stereocenters. The number of nitrogens with one attached hydrogen (secondary N) is 2. The zero-order valence-corrected chi connectivity index (χ0v) is 12.5. The van der Waals surface area contributed by atoms with Crippen molar-refractivity contribution < 1.29 is 13.2 Å². The molecule has 1 aromatic rings. The molecule has 2 N–H and O–H groups in total. The van der Waals surface area contributed by atoms with Crippen LogP contribution in [0.25, 0.3) is 0 Å². The Morgan fingerprint density at radius 3 is 2.40 bits per heavy atom. The second-order valence-corrected chi connectivity index (χ2v) is 7.00. The largest absolute Gasteiger partial charge is 0.326 e. The Labute approximate surface area is 119 Å². The molecule has 1 aromatic carbocycles. The van der Waals surface area contributed by atoms with Gasteiger partial charge in [-0.05, 0) is 43.0 Å². The van der Waals surface area contributed by atoms with Crippen LogP contribution in [-0.4, -0.2) is 20.9 Å². The van der Waals surface area contributed by atoms with Gasteiger partial charge in [0.15, 0.2) is 0 Å². The van der Waals surface area contributed by atoms with Gasteiger partial charge in [0.1, 0.15) is 0 Å². The third-order valence-electron chi connectivity index (χ3n) is 3.42. The van der Waals surface area contributed by atoms with Crippen molar-refractivity contribution in [1.82, 2.24) is 4.72 Å². The Hall–Kier alpha value is -1.40. The fourth-order valence-corrected chi connectivity index (χ4v) is 3.09. The molecule has 5 nitrogen and oxygen atoms in total. The van der Waals surface area contributed by atoms with E-state index in [9.17, 15) is 13.2 Å². The van der Waals surface area contributed by atoms with Gasteiger partial charge in [0, 0.05) is 18.2 Å². The van der Waals surface area contributed by atoms with Crippen LogP contribution >= 0.6 is 0 Å². The molecule has 110 valence electrons. The van der Waals surface area contributed by atoms with E-state index in [1.165, 1.54) is 12.1 Å². The van der Waals surface area contributed by atoms with Crippen molar-refractivity contribution >= 4 is 21.6 Å². The molecule has 1 aliphatic rings. The Kier molecular flexibility index (Phi) is 4.45. The summed E-state index contributed by atoms with van der Waals surface area (Å²) in [6, 6.07) is 6.24. The van der Waals surface area contributed by atoms with E-state index in [0.29, 0.717) is 18.2 Å². The van der Waals surface area contributed by atoms with Crippen LogP contribution in [0.15, 0.2) is 29.2 Å². The lowest BCUT2D eigenvalue weighted by atomic mass is 10.3. The predicted molar refractivity (Wildman–Crippen MR) is 77.8 cm³/mol. The third-order valence-corrected chi connectivity index (χ3v) is 4.90. The normalized spacial score (nSPS) is 21.5. The van der Waals surface area contributed by atoms with E-state index >= 15 is 0 Å². The molecule has 0 radical (unpaired) electrons. The highest BCUT2D eigenvalue weighted by Crippen LogP contribution is 2.38. The zero-order chi connectivity index (χ0) is 14.8. The number of hydrogen-bond acceptors (Lipinski definition) is 3. The SMILES string of the molecule is CCCNS(=O)(=O)c1ccc(NC(=O)[C@@H]2C[C@@H]2C)cc1. The Morgan fingerprint density at radius 2 is 1.90 bits per heavy atom. The zero-order valence-electron chi connectivity index (χ0n) is 11.7. The molecule has 1 amide bonds. The number of rotatable bonds is 6. The average molecular weight is 296 g/mol. The molecule has 1 aliphatic carbocycles. The van der Waals surface area contributed by atoms with Gasteiger partial charge in [-0.15, -0.1) is 0 Å². The van der Waals surface area contributed by atoms with Gasteiger partial charge in [0.05, 0.1) is 4.90 Å². The van der Waals surface area contributed by atoms with Gasteiger partial charge in [-0.2, -0.15) is 0 Å². The van der Waals surface area contributed by atoms with E-state index in [2.05, 4.69) is 10.0 Å². The molecular weight excluding hydrogens is 276 g/mol. The first-order valence-electron chi connectivity index (χ1n) is 6.84. The molecule has 6 heteroatoms. The summed E-state index contributed by atoms with van der Waals surface area (Å²) in [5, 5.41) is 2.80. The molecule has 0 aromatic heterocycles. The molecule has 0 bridgehead atoms. The van der Waals surface area contributed by atoms with Crippen molar-refractivity contribution in [3.8, 4) is 0 Å². The molecule has 0 saturated heterocycles. The maximum Gasteiger partial charge on any atom is 0.240 e. The monoisotopic (exact) mass is 296 g/mol. The quantitative estimate of drug-likeness (QED) is 0.842. The maximum atomic E-state index is 11.9. The van der Waals surface area contributed by atoms with Gasteiger partial charge in [-0.25, -0.2) is 13.1 Å². The minimum Gasteiger partial charge on any atom is -0.326 e. The van der Waals surface area contributed by atoms with Crippen molar-refractivity contribution in [2.45, 2.75) is 31.6 Å². The van der Waals surface area contributed by atoms with Crippen LogP contribution in [0.4, 0.5) is 5.69 Å². The van der Waals surface area contributed by atoms with Crippen molar-refractivity contribution in [2.24, 2.45) is 11.8 Å². The van der Waals surface area contributed by atoms with Crippen molar-refractivity contribution in [3.63, 3.8) is 0 Å². The van der Waals surface area contributed by atoms with Crippen molar-refractivity contribution in [2.75, 3.05) is 11.9 Å². The fourth-order valence-electron chi connectivity index (χ4n) is 1.96. The van der Waals surface area contributed by atoms with Gasteiger partial charge >= 0.3 is 0 Å². The molecule has 1 fully saturated rings. The van der Waals surface area contributed by atoms with Crippen LogP contribution in [0.1, 0.15) is 26.7 Å². The average Bonchev–Trinajstić information content (AvgIpc) is 3.14. The maximum absolute atomic E-state index is 11.9. The molecule has 0 spiro atoms. The van der Waals surface area contributed by atoms with Gasteiger partial charge in [0.25, 0.3) is 0 Å². The Bertz CT molecular complexity index is 581. The van der Waals surface area contributed by atoms with Crippen molar-refractivity contribution in [1.29, 1.82) is 0 Å². The van der Waals surface area contributed by atoms with E-state index < -0.39 is 10.0 Å². The topological polar surface area (TPSA) is 75.3 Å². The highest BCUT2D eigenvalue weighted by molar-refractivity contribution is 7.89. The number of benzene rings is 1. The van der Waals surface area contributed by atoms with Crippen LogP contribution in [0, 0.1) is 11.8 Å². The fraction of sp³-hybridized carbons (Fsp3) is 0.500. The van der Waals surface area contributed by atoms with Gasteiger partial charge in [-0.1, -0.05) is 13.8 Å². The number of sulfonamides is 1. The highest BCUT2D eigenvalue weighted by atomic mass is 32.2. The van der Waals surface area contributed by atoms with Crippen LogP contribution in [0.3, 0.4) is 0 Å². The lowest BCUT2D eigenvalue weighted by Gasteiger charge is -2.08. The second-order valence-electron chi connectivity index (χ2n) is 5.23. The number of carbonyl (C=O) groups excluding carboxylic acids is 1. The summed E-state index contributed by atoms with van der Waals surface area (Å²) < 4.78 is 26.3. The lowest BCUT2D eigenvalue weighted by molar-refractivity contribution is -0.117. The minimum atomic E-state index is -3.44. The first-order chi connectivity index (χ1) is 9.44. The molecular formula is C14H20N2O3S. The van der Waals surface area contributed by atoms with E-state index in [0.717, 1.165) is 12.8 Å². The first-order valence-corrected chi connectivity index (χ1v) is 8.33. The van der Waals surface area contributed by atoms with Gasteiger partial charge in [-0.3, -0.25) is 4.79 Å². The lowest BCUT2D eigenvalue weighted by Crippen LogP contribution is -2.24. The van der Waals surface area contributed by atoms with E-state index in [1.54, 1.807) is 12.1 Å². The summed E-state index contributed by atoms with van der Waals surface area (Å²) in [7, 11) is -3.44. The summed E-state index contributed by atoms with van der Waals surface area (Å²) in [5.74, 6) is 0.565. The van der Waals surface area contributed by atoms with Crippen LogP contribution in [0.2, 0.25) is 0 Å². The molecule has 2 rings (SSSR count). The van der Waals surface area contributed by atoms with E-state index in [1.807, 2.05) is 13.8 Å². The summed E-state index contributed by atoms with van der Waals surface area (Å²) in [4.78, 5) is 12.0. The number of carbonyl (C=O) groups is 1. The molecule has 0 aliphatic heterocycles. The third kappa shape index (κ3) is 3.58. The Morgan fingerprint density at radius 1 is 1.30 bits per heavy atom. The summed E-state index contributed by atoms with van der Waals surface area (Å²) in [6.45, 7) is 4.36. The highest BCUT2D eigenvalue weighted by Gasteiger charge is 2.39. The summed E-state index contributed by atoms with van der Waals surface area (Å²) >= 11 is 0. The second kappa shape index (κ2) is 5.93. The smallest absolute Gasteiger partial charge is 0.240 e. The summed E-state index contributed by atoms with van der Waals surface area (Å²) in [5.41, 5.74) is 0.628. The Balaban J connectivity index is 2.01. The molecule has 2 atom stereocenters. The molecule has 1 saturated carbocycles. The van der Waals surface area contributed by atoms with Crippen molar-refractivity contribution in [3.05, 3.63) is 24.3 Å². The predicted octanol–water partition coefficient (Wildman–Crippen LogP) is 1.97. The van der Waals surface area contributed by atoms with Gasteiger partial charge < -0.3 is 5.32 Å². The molecule has 0 heterocycles. The standard InChI is InChI=1S/C14H20N2O3S/c1-3-8-15-20(18,19)12-6-4-11(5-7-12)16-14(17)13-9-10(13)2/h4-7,10,13,15H,3,8-9H2,1-2H3,(H,16,17)/t10-,13+/m0/s1.